The van der Waals surface area contributed by atoms with Crippen LogP contribution < -0.4 is 11.5 Å². The minimum absolute atomic E-state index is 0. The lowest BCUT2D eigenvalue weighted by Crippen LogP contribution is -2.15. The number of fused-ring (bicyclic) bond motifs is 2. The number of rotatable bonds is 9. The van der Waals surface area contributed by atoms with Crippen LogP contribution in [0.1, 0.15) is 21.5 Å². The van der Waals surface area contributed by atoms with Gasteiger partial charge in [-0.2, -0.15) is 0 Å². The van der Waals surface area contributed by atoms with E-state index in [-0.39, 0.29) is 48.1 Å². The van der Waals surface area contributed by atoms with Crippen LogP contribution in [0.15, 0.2) is 128 Å². The zero-order chi connectivity index (χ0) is 32.8. The number of ketones is 1. The van der Waals surface area contributed by atoms with E-state index in [1.807, 2.05) is 114 Å². The first kappa shape index (κ1) is 33.5. The predicted octanol–water partition coefficient (Wildman–Crippen LogP) is 6.40. The van der Waals surface area contributed by atoms with Crippen molar-refractivity contribution in [3.63, 3.8) is 0 Å². The number of hydrogen-bond acceptors (Lipinski definition) is 5. The third-order valence-electron chi connectivity index (χ3n) is 7.77. The molecule has 48 heavy (non-hydrogen) atoms. The van der Waals surface area contributed by atoms with Gasteiger partial charge < -0.3 is 21.0 Å². The fourth-order valence-electron chi connectivity index (χ4n) is 5.68. The van der Waals surface area contributed by atoms with Gasteiger partial charge in [-0.05, 0) is 41.0 Å². The van der Waals surface area contributed by atoms with Crippen molar-refractivity contribution in [2.45, 2.75) is 19.4 Å². The largest absolute Gasteiger partial charge is 0.369 e. The van der Waals surface area contributed by atoms with E-state index in [0.717, 1.165) is 50.2 Å². The number of nitrogens with one attached hydrogen (secondary N) is 1. The van der Waals surface area contributed by atoms with Crippen molar-refractivity contribution in [3.05, 3.63) is 144 Å². The molecule has 5 N–H and O–H groups in total. The van der Waals surface area contributed by atoms with E-state index in [2.05, 4.69) is 9.97 Å². The van der Waals surface area contributed by atoms with Crippen LogP contribution in [0, 0.1) is 0 Å². The molecular weight excluding hydrogens is 668 g/mol. The van der Waals surface area contributed by atoms with Crippen LogP contribution in [0.4, 0.5) is 0 Å². The van der Waals surface area contributed by atoms with Gasteiger partial charge >= 0.3 is 0 Å². The molecule has 2 aliphatic rings. The van der Waals surface area contributed by atoms with Gasteiger partial charge in [-0.25, -0.2) is 9.97 Å². The van der Waals surface area contributed by atoms with Crippen LogP contribution >= 0.6 is 17.0 Å². The first-order valence-electron chi connectivity index (χ1n) is 15.1. The smallest absolute Gasteiger partial charge is 0.221 e. The van der Waals surface area contributed by atoms with Crippen molar-refractivity contribution in [2.24, 2.45) is 11.5 Å². The van der Waals surface area contributed by atoms with Gasteiger partial charge in [0, 0.05) is 34.5 Å². The van der Waals surface area contributed by atoms with Crippen molar-refractivity contribution >= 4 is 45.6 Å². The van der Waals surface area contributed by atoms with Crippen molar-refractivity contribution in [1.29, 1.82) is 0 Å². The van der Waals surface area contributed by atoms with Crippen LogP contribution in [-0.4, -0.2) is 37.1 Å². The second kappa shape index (κ2) is 15.1. The second-order valence-corrected chi connectivity index (χ2v) is 11.0. The van der Waals surface area contributed by atoms with Gasteiger partial charge in [-0.3, -0.25) is 14.4 Å². The number of benzene rings is 3. The molecule has 10 heteroatoms. The van der Waals surface area contributed by atoms with E-state index in [4.69, 9.17) is 16.5 Å². The number of aromatic nitrogens is 4. The SMILES string of the molecule is Br.NC(=O)Cc1c(-c2ccccc2)[nH]c2ncccc12.NC(=O)Cc1c2cccn(CC(=O)c3ccccc3)c-2nc1-c1ccccc1. The van der Waals surface area contributed by atoms with Gasteiger partial charge in [0.1, 0.15) is 11.5 Å². The highest BCUT2D eigenvalue weighted by molar-refractivity contribution is 8.93. The third-order valence-corrected chi connectivity index (χ3v) is 7.77. The molecule has 5 aromatic rings. The number of H-pyrrole nitrogens is 1. The monoisotopic (exact) mass is 700 g/mol. The van der Waals surface area contributed by atoms with E-state index in [0.29, 0.717) is 11.4 Å². The maximum Gasteiger partial charge on any atom is 0.221 e. The van der Waals surface area contributed by atoms with Crippen LogP contribution in [0.5, 0.6) is 0 Å². The number of halogens is 1. The van der Waals surface area contributed by atoms with Gasteiger partial charge in [-0.1, -0.05) is 91.0 Å². The molecule has 0 saturated heterocycles. The predicted molar refractivity (Wildman–Crippen MR) is 193 cm³/mol. The molecule has 0 aliphatic carbocycles. The summed E-state index contributed by atoms with van der Waals surface area (Å²) in [5.41, 5.74) is 18.4. The van der Waals surface area contributed by atoms with Crippen LogP contribution in [0.3, 0.4) is 0 Å². The number of amides is 2. The molecule has 0 fully saturated rings. The zero-order valence-electron chi connectivity index (χ0n) is 25.9. The summed E-state index contributed by atoms with van der Waals surface area (Å²) in [6.45, 7) is 0.169. The Morgan fingerprint density at radius 1 is 0.688 bits per heavy atom. The molecule has 2 amide bonds. The summed E-state index contributed by atoms with van der Waals surface area (Å²) in [5.74, 6) is -0.0927. The quantitative estimate of drug-likeness (QED) is 0.149. The molecular formula is C38H33BrN6O3. The number of hydrogen-bond donors (Lipinski definition) is 3. The number of primary amides is 2. The molecule has 0 radical (unpaired) electrons. The zero-order valence-corrected chi connectivity index (χ0v) is 27.6. The Hall–Kier alpha value is -5.87. The summed E-state index contributed by atoms with van der Waals surface area (Å²) in [4.78, 5) is 48.0. The highest BCUT2D eigenvalue weighted by atomic mass is 79.9. The topological polar surface area (TPSA) is 150 Å². The number of carbonyl (C=O) groups is 3. The van der Waals surface area contributed by atoms with Gasteiger partial charge in [-0.15, -0.1) is 17.0 Å². The molecule has 7 rings (SSSR count). The minimum Gasteiger partial charge on any atom is -0.369 e. The number of Topliss-reactive ketones (excluding diaryl/α,β-unsaturated/α-hetero) is 1. The standard InChI is InChI=1S/C23H19N3O2.C15H13N3O.BrH/c24-21(28)14-19-18-12-7-13-26(15-20(27)16-8-3-1-4-9-16)23(18)25-22(19)17-10-5-2-6-11-17;16-13(19)9-12-11-7-4-8-17-15(11)18-14(12)10-5-2-1-3-6-10;/h1-13H,14-15H2,(H2,24,28);1-8H,9H2,(H2,16,19)(H,17,18);1H. The fourth-order valence-corrected chi connectivity index (χ4v) is 5.68. The summed E-state index contributed by atoms with van der Waals surface area (Å²) in [7, 11) is 0. The first-order valence-corrected chi connectivity index (χ1v) is 15.1. The molecule has 2 aliphatic heterocycles. The lowest BCUT2D eigenvalue weighted by molar-refractivity contribution is -0.118. The fraction of sp³-hybridized carbons (Fsp3) is 0.0789. The Bertz CT molecular complexity index is 2140. The molecule has 0 atom stereocenters. The lowest BCUT2D eigenvalue weighted by Gasteiger charge is -2.11. The van der Waals surface area contributed by atoms with Gasteiger partial charge in [0.2, 0.25) is 11.8 Å². The molecule has 4 heterocycles. The maximum absolute atomic E-state index is 12.7. The maximum atomic E-state index is 12.7. The number of carbonyl (C=O) groups excluding carboxylic acids is 3. The molecule has 2 aromatic heterocycles. The van der Waals surface area contributed by atoms with Crippen LogP contribution in [-0.2, 0) is 29.0 Å². The number of nitrogens with two attached hydrogens (primary N) is 2. The van der Waals surface area contributed by atoms with Crippen molar-refractivity contribution < 1.29 is 14.4 Å². The summed E-state index contributed by atoms with van der Waals surface area (Å²) in [6.07, 6.45) is 3.86. The Labute approximate surface area is 287 Å². The molecule has 3 aromatic carbocycles. The number of pyridine rings is 2. The Kier molecular flexibility index (Phi) is 10.6. The number of aromatic amines is 1. The summed E-state index contributed by atoms with van der Waals surface area (Å²) in [6, 6.07) is 36.3. The molecule has 9 nitrogen and oxygen atoms in total. The molecule has 0 spiro atoms. The van der Waals surface area contributed by atoms with Crippen LogP contribution in [0.2, 0.25) is 0 Å². The van der Waals surface area contributed by atoms with Crippen LogP contribution in [0.25, 0.3) is 44.9 Å². The number of nitrogens with zero attached hydrogens (tertiary/aromatic N) is 3. The highest BCUT2D eigenvalue weighted by Crippen LogP contribution is 2.35. The Morgan fingerprint density at radius 2 is 1.29 bits per heavy atom. The molecule has 0 unspecified atom stereocenters. The first-order chi connectivity index (χ1) is 22.9. The highest BCUT2D eigenvalue weighted by Gasteiger charge is 2.23. The van der Waals surface area contributed by atoms with Crippen molar-refractivity contribution in [3.8, 4) is 33.9 Å². The second-order valence-electron chi connectivity index (χ2n) is 11.0. The molecule has 0 bridgehead atoms. The summed E-state index contributed by atoms with van der Waals surface area (Å²) >= 11 is 0. The van der Waals surface area contributed by atoms with Crippen molar-refractivity contribution in [1.82, 2.24) is 19.5 Å². The van der Waals surface area contributed by atoms with E-state index in [1.54, 1.807) is 18.3 Å². The summed E-state index contributed by atoms with van der Waals surface area (Å²) in [5, 5.41) is 0.945. The molecule has 240 valence electrons. The third kappa shape index (κ3) is 7.40. The Balaban J connectivity index is 0.000000197. The normalized spacial score (nSPS) is 10.6. The van der Waals surface area contributed by atoms with Gasteiger partial charge in [0.25, 0.3) is 0 Å². The lowest BCUT2D eigenvalue weighted by atomic mass is 10.0. The van der Waals surface area contributed by atoms with E-state index in [9.17, 15) is 14.4 Å². The Morgan fingerprint density at radius 3 is 1.94 bits per heavy atom. The summed E-state index contributed by atoms with van der Waals surface area (Å²) < 4.78 is 1.82. The minimum atomic E-state index is -0.415. The average Bonchev–Trinajstić information content (AvgIpc) is 3.64. The van der Waals surface area contributed by atoms with Crippen molar-refractivity contribution in [2.75, 3.05) is 0 Å². The molecule has 0 saturated carbocycles. The van der Waals surface area contributed by atoms with E-state index >= 15 is 0 Å². The average molecular weight is 702 g/mol. The van der Waals surface area contributed by atoms with Gasteiger partial charge in [0.15, 0.2) is 5.78 Å². The van der Waals surface area contributed by atoms with E-state index in [1.165, 1.54) is 0 Å². The van der Waals surface area contributed by atoms with Gasteiger partial charge in [0.05, 0.1) is 30.8 Å². The van der Waals surface area contributed by atoms with E-state index < -0.39 is 5.91 Å².